The molecule has 0 radical (unpaired) electrons. The average Bonchev–Trinajstić information content (AvgIpc) is 3.01. The van der Waals surface area contributed by atoms with Crippen LogP contribution in [0.15, 0.2) is 46.7 Å². The molecule has 1 amide bonds. The van der Waals surface area contributed by atoms with E-state index >= 15 is 0 Å². The van der Waals surface area contributed by atoms with Crippen LogP contribution in [0.3, 0.4) is 0 Å². The summed E-state index contributed by atoms with van der Waals surface area (Å²) in [5.74, 6) is -0.324. The quantitative estimate of drug-likeness (QED) is 0.661. The summed E-state index contributed by atoms with van der Waals surface area (Å²) in [7, 11) is -3.32. The van der Waals surface area contributed by atoms with Gasteiger partial charge in [0.1, 0.15) is 0 Å². The first-order chi connectivity index (χ1) is 12.6. The molecule has 27 heavy (non-hydrogen) atoms. The molecule has 0 aliphatic rings. The Morgan fingerprint density at radius 1 is 1.15 bits per heavy atom. The SMILES string of the molecule is Cc1nc(-c2cc(NC(=O)c3ccc(S(C)(=O)=O)cc3C)ccc2Cl)cs1. The van der Waals surface area contributed by atoms with Crippen molar-refractivity contribution in [3.05, 3.63) is 62.9 Å². The molecule has 0 atom stereocenters. The van der Waals surface area contributed by atoms with Gasteiger partial charge in [-0.25, -0.2) is 13.4 Å². The second-order valence-corrected chi connectivity index (χ2v) is 9.63. The molecular weight excluding hydrogens is 404 g/mol. The molecule has 0 saturated heterocycles. The standard InChI is InChI=1S/C19H17ClN2O3S2/c1-11-8-14(27(3,24)25)5-6-15(11)19(23)22-13-4-7-17(20)16(9-13)18-10-26-12(2)21-18/h4-10H,1-3H3,(H,22,23). The lowest BCUT2D eigenvalue weighted by molar-refractivity contribution is 0.102. The normalized spacial score (nSPS) is 11.4. The van der Waals surface area contributed by atoms with Crippen LogP contribution >= 0.6 is 22.9 Å². The minimum atomic E-state index is -3.32. The second-order valence-electron chi connectivity index (χ2n) is 6.15. The van der Waals surface area contributed by atoms with Gasteiger partial charge >= 0.3 is 0 Å². The van der Waals surface area contributed by atoms with E-state index in [1.54, 1.807) is 25.1 Å². The van der Waals surface area contributed by atoms with Crippen molar-refractivity contribution in [2.45, 2.75) is 18.7 Å². The molecule has 3 rings (SSSR count). The van der Waals surface area contributed by atoms with Crippen molar-refractivity contribution in [2.75, 3.05) is 11.6 Å². The van der Waals surface area contributed by atoms with Crippen molar-refractivity contribution in [3.8, 4) is 11.3 Å². The van der Waals surface area contributed by atoms with E-state index < -0.39 is 9.84 Å². The van der Waals surface area contributed by atoms with Gasteiger partial charge in [-0.1, -0.05) is 11.6 Å². The molecule has 0 saturated carbocycles. The van der Waals surface area contributed by atoms with Crippen LogP contribution in [-0.4, -0.2) is 25.6 Å². The molecule has 140 valence electrons. The minimum Gasteiger partial charge on any atom is -0.322 e. The third kappa shape index (κ3) is 4.37. The topological polar surface area (TPSA) is 76.1 Å². The zero-order valence-corrected chi connectivity index (χ0v) is 17.3. The Kier molecular flexibility index (Phi) is 5.37. The van der Waals surface area contributed by atoms with Gasteiger partial charge in [-0.3, -0.25) is 4.79 Å². The van der Waals surface area contributed by atoms with E-state index in [1.165, 1.54) is 29.5 Å². The van der Waals surface area contributed by atoms with Crippen LogP contribution in [0.2, 0.25) is 5.02 Å². The number of halogens is 1. The molecule has 5 nitrogen and oxygen atoms in total. The van der Waals surface area contributed by atoms with E-state index in [-0.39, 0.29) is 10.8 Å². The number of benzene rings is 2. The summed E-state index contributed by atoms with van der Waals surface area (Å²) in [5.41, 5.74) is 3.06. The molecule has 0 unspecified atom stereocenters. The number of sulfone groups is 1. The molecule has 1 heterocycles. The molecule has 0 aliphatic heterocycles. The monoisotopic (exact) mass is 420 g/mol. The molecular formula is C19H17ClN2O3S2. The van der Waals surface area contributed by atoms with E-state index in [9.17, 15) is 13.2 Å². The molecule has 2 aromatic carbocycles. The number of hydrogen-bond donors (Lipinski definition) is 1. The highest BCUT2D eigenvalue weighted by Gasteiger charge is 2.15. The van der Waals surface area contributed by atoms with Crippen LogP contribution in [-0.2, 0) is 9.84 Å². The van der Waals surface area contributed by atoms with Crippen LogP contribution < -0.4 is 5.32 Å². The number of anilines is 1. The Morgan fingerprint density at radius 2 is 1.89 bits per heavy atom. The molecule has 0 fully saturated rings. The van der Waals surface area contributed by atoms with Crippen molar-refractivity contribution in [1.29, 1.82) is 0 Å². The second kappa shape index (κ2) is 7.42. The van der Waals surface area contributed by atoms with Gasteiger partial charge in [0.15, 0.2) is 9.84 Å². The number of aromatic nitrogens is 1. The molecule has 1 aromatic heterocycles. The summed E-state index contributed by atoms with van der Waals surface area (Å²) in [6.45, 7) is 3.62. The van der Waals surface area contributed by atoms with Crippen LogP contribution in [0.25, 0.3) is 11.3 Å². The van der Waals surface area contributed by atoms with Gasteiger partial charge in [0.2, 0.25) is 0 Å². The highest BCUT2D eigenvalue weighted by molar-refractivity contribution is 7.90. The van der Waals surface area contributed by atoms with Gasteiger partial charge in [0.05, 0.1) is 20.6 Å². The largest absolute Gasteiger partial charge is 0.322 e. The third-order valence-corrected chi connectivity index (χ3v) is 6.20. The summed E-state index contributed by atoms with van der Waals surface area (Å²) in [4.78, 5) is 17.2. The number of carbonyl (C=O) groups is 1. The third-order valence-electron chi connectivity index (χ3n) is 3.99. The van der Waals surface area contributed by atoms with Crippen molar-refractivity contribution in [2.24, 2.45) is 0 Å². The summed E-state index contributed by atoms with van der Waals surface area (Å²) >= 11 is 7.80. The molecule has 1 N–H and O–H groups in total. The van der Waals surface area contributed by atoms with Crippen molar-refractivity contribution in [1.82, 2.24) is 4.98 Å². The lowest BCUT2D eigenvalue weighted by Crippen LogP contribution is -2.14. The van der Waals surface area contributed by atoms with Gasteiger partial charge in [0.25, 0.3) is 5.91 Å². The molecule has 3 aromatic rings. The maximum atomic E-state index is 12.6. The Bertz CT molecular complexity index is 1140. The maximum absolute atomic E-state index is 12.6. The Balaban J connectivity index is 1.89. The van der Waals surface area contributed by atoms with Gasteiger partial charge in [-0.05, 0) is 55.8 Å². The van der Waals surface area contributed by atoms with Gasteiger partial charge in [-0.2, -0.15) is 0 Å². The number of aryl methyl sites for hydroxylation is 2. The number of nitrogens with zero attached hydrogens (tertiary/aromatic N) is 1. The molecule has 0 aliphatic carbocycles. The predicted molar refractivity (Wildman–Crippen MR) is 110 cm³/mol. The first-order valence-corrected chi connectivity index (χ1v) is 11.1. The average molecular weight is 421 g/mol. The van der Waals surface area contributed by atoms with E-state index in [0.29, 0.717) is 21.8 Å². The maximum Gasteiger partial charge on any atom is 0.255 e. The number of carbonyl (C=O) groups excluding carboxylic acids is 1. The smallest absolute Gasteiger partial charge is 0.255 e. The number of nitrogens with one attached hydrogen (secondary N) is 1. The highest BCUT2D eigenvalue weighted by atomic mass is 35.5. The van der Waals surface area contributed by atoms with E-state index in [2.05, 4.69) is 10.3 Å². The highest BCUT2D eigenvalue weighted by Crippen LogP contribution is 2.31. The van der Waals surface area contributed by atoms with E-state index in [4.69, 9.17) is 11.6 Å². The van der Waals surface area contributed by atoms with Crippen molar-refractivity contribution >= 4 is 44.4 Å². The van der Waals surface area contributed by atoms with E-state index in [1.807, 2.05) is 12.3 Å². The predicted octanol–water partition coefficient (Wildman–Crippen LogP) is 4.74. The first kappa shape index (κ1) is 19.5. The van der Waals surface area contributed by atoms with Gasteiger partial charge < -0.3 is 5.32 Å². The van der Waals surface area contributed by atoms with E-state index in [0.717, 1.165) is 22.5 Å². The fourth-order valence-electron chi connectivity index (χ4n) is 2.61. The summed E-state index contributed by atoms with van der Waals surface area (Å²) in [6.07, 6.45) is 1.14. The first-order valence-electron chi connectivity index (χ1n) is 7.99. The van der Waals surface area contributed by atoms with Crippen LogP contribution in [0.5, 0.6) is 0 Å². The Hall–Kier alpha value is -2.22. The fraction of sp³-hybridized carbons (Fsp3) is 0.158. The molecule has 8 heteroatoms. The summed E-state index contributed by atoms with van der Waals surface area (Å²) in [5, 5.41) is 6.22. The number of rotatable bonds is 4. The van der Waals surface area contributed by atoms with Crippen LogP contribution in [0, 0.1) is 13.8 Å². The molecule has 0 bridgehead atoms. The van der Waals surface area contributed by atoms with Gasteiger partial charge in [0, 0.05) is 28.5 Å². The van der Waals surface area contributed by atoms with Gasteiger partial charge in [-0.15, -0.1) is 11.3 Å². The summed E-state index contributed by atoms with van der Waals surface area (Å²) in [6, 6.07) is 9.64. The van der Waals surface area contributed by atoms with Crippen molar-refractivity contribution in [3.63, 3.8) is 0 Å². The van der Waals surface area contributed by atoms with Crippen LogP contribution in [0.1, 0.15) is 20.9 Å². The molecule has 0 spiro atoms. The zero-order valence-electron chi connectivity index (χ0n) is 14.9. The fourth-order valence-corrected chi connectivity index (χ4v) is 4.14. The van der Waals surface area contributed by atoms with Crippen LogP contribution in [0.4, 0.5) is 5.69 Å². The lowest BCUT2D eigenvalue weighted by atomic mass is 10.1. The zero-order chi connectivity index (χ0) is 19.8. The minimum absolute atomic E-state index is 0.184. The number of amides is 1. The van der Waals surface area contributed by atoms with Crippen molar-refractivity contribution < 1.29 is 13.2 Å². The lowest BCUT2D eigenvalue weighted by Gasteiger charge is -2.11. The number of thiazole rings is 1. The Morgan fingerprint density at radius 3 is 2.48 bits per heavy atom. The number of hydrogen-bond acceptors (Lipinski definition) is 5. The summed E-state index contributed by atoms with van der Waals surface area (Å²) < 4.78 is 23.3. The Labute approximate surface area is 167 Å².